The molecular weight excluding hydrogens is 360 g/mol. The first-order chi connectivity index (χ1) is 14.2. The minimum atomic E-state index is 0.392. The van der Waals surface area contributed by atoms with Gasteiger partial charge in [0.25, 0.3) is 0 Å². The van der Waals surface area contributed by atoms with E-state index in [2.05, 4.69) is 24.3 Å². The quantitative estimate of drug-likeness (QED) is 0.580. The maximum Gasteiger partial charge on any atom is 0.123 e. The number of benzene rings is 3. The third-order valence-electron chi connectivity index (χ3n) is 7.47. The number of phenols is 1. The van der Waals surface area contributed by atoms with Crippen LogP contribution in [0.5, 0.6) is 17.2 Å². The zero-order valence-electron chi connectivity index (χ0n) is 17.0. The summed E-state index contributed by atoms with van der Waals surface area (Å²) in [7, 11) is 3.47. The lowest BCUT2D eigenvalue weighted by molar-refractivity contribution is 0.377. The highest BCUT2D eigenvalue weighted by Gasteiger charge is 2.39. The van der Waals surface area contributed by atoms with Crippen LogP contribution in [0.4, 0.5) is 0 Å². The van der Waals surface area contributed by atoms with Crippen molar-refractivity contribution in [2.24, 2.45) is 0 Å². The Morgan fingerprint density at radius 2 is 1.38 bits per heavy atom. The summed E-state index contributed by atoms with van der Waals surface area (Å²) >= 11 is 0. The van der Waals surface area contributed by atoms with Gasteiger partial charge in [0.1, 0.15) is 17.2 Å². The van der Waals surface area contributed by atoms with Gasteiger partial charge >= 0.3 is 0 Å². The number of methoxy groups -OCH3 is 2. The van der Waals surface area contributed by atoms with Crippen molar-refractivity contribution in [3.05, 3.63) is 52.6 Å². The van der Waals surface area contributed by atoms with Crippen molar-refractivity contribution in [1.82, 2.24) is 0 Å². The second kappa shape index (κ2) is 6.16. The first kappa shape index (κ1) is 17.2. The number of aromatic hydroxyl groups is 1. The largest absolute Gasteiger partial charge is 0.507 e. The van der Waals surface area contributed by atoms with Crippen LogP contribution in [-0.2, 0) is 12.8 Å². The molecule has 1 N–H and O–H groups in total. The van der Waals surface area contributed by atoms with E-state index in [9.17, 15) is 5.11 Å². The summed E-state index contributed by atoms with van der Waals surface area (Å²) in [6.07, 6.45) is 6.89. The molecule has 2 unspecified atom stereocenters. The molecule has 3 aromatic carbocycles. The van der Waals surface area contributed by atoms with E-state index >= 15 is 0 Å². The van der Waals surface area contributed by atoms with Crippen molar-refractivity contribution in [3.8, 4) is 28.4 Å². The summed E-state index contributed by atoms with van der Waals surface area (Å²) in [5, 5.41) is 13.2. The number of aryl methyl sites for hydroxylation is 2. The lowest BCUT2D eigenvalue weighted by atomic mass is 9.64. The first-order valence-corrected chi connectivity index (χ1v) is 10.8. The minimum absolute atomic E-state index is 0.392. The normalized spacial score (nSPS) is 21.4. The Kier molecular flexibility index (Phi) is 3.65. The van der Waals surface area contributed by atoms with Crippen LogP contribution in [0, 0.1) is 0 Å². The highest BCUT2D eigenvalue weighted by atomic mass is 16.5. The Morgan fingerprint density at radius 1 is 0.759 bits per heavy atom. The van der Waals surface area contributed by atoms with Gasteiger partial charge in [-0.3, -0.25) is 0 Å². The number of phenolic OH excluding ortho intramolecular Hbond substituents is 1. The second-order valence-corrected chi connectivity index (χ2v) is 8.82. The number of ether oxygens (including phenoxy) is 2. The van der Waals surface area contributed by atoms with Gasteiger partial charge in [0.15, 0.2) is 0 Å². The molecule has 1 fully saturated rings. The first-order valence-electron chi connectivity index (χ1n) is 10.8. The van der Waals surface area contributed by atoms with E-state index in [-0.39, 0.29) is 0 Å². The van der Waals surface area contributed by atoms with Crippen LogP contribution in [-0.4, -0.2) is 19.3 Å². The van der Waals surface area contributed by atoms with E-state index in [4.69, 9.17) is 9.47 Å². The minimum Gasteiger partial charge on any atom is -0.507 e. The summed E-state index contributed by atoms with van der Waals surface area (Å²) in [6, 6.07) is 10.7. The highest BCUT2D eigenvalue weighted by molar-refractivity contribution is 6.07. The average Bonchev–Trinajstić information content (AvgIpc) is 2.93. The lowest BCUT2D eigenvalue weighted by Crippen LogP contribution is -2.22. The molecule has 1 saturated carbocycles. The highest BCUT2D eigenvalue weighted by Crippen LogP contribution is 2.58. The third kappa shape index (κ3) is 2.30. The Bertz CT molecular complexity index is 1160. The van der Waals surface area contributed by atoms with Crippen molar-refractivity contribution < 1.29 is 14.6 Å². The summed E-state index contributed by atoms with van der Waals surface area (Å²) < 4.78 is 11.3. The number of fused-ring (bicyclic) bond motifs is 3. The van der Waals surface area contributed by atoms with Crippen LogP contribution >= 0.6 is 0 Å². The smallest absolute Gasteiger partial charge is 0.123 e. The van der Waals surface area contributed by atoms with Gasteiger partial charge in [-0.2, -0.15) is 0 Å². The van der Waals surface area contributed by atoms with E-state index in [1.165, 1.54) is 64.5 Å². The Labute approximate surface area is 171 Å². The van der Waals surface area contributed by atoms with E-state index in [0.717, 1.165) is 29.7 Å². The molecule has 2 atom stereocenters. The fraction of sp³-hybridized carbons (Fsp3) is 0.385. The molecule has 29 heavy (non-hydrogen) atoms. The SMILES string of the molecule is COc1cc2c3c(c1)C1CCCCC1c1cc(O)c4cc(OC)cc(c4c1-3)CC2. The zero-order valence-corrected chi connectivity index (χ0v) is 17.0. The van der Waals surface area contributed by atoms with Gasteiger partial charge in [-0.05, 0) is 107 Å². The summed E-state index contributed by atoms with van der Waals surface area (Å²) in [6.45, 7) is 0. The molecule has 148 valence electrons. The monoisotopic (exact) mass is 386 g/mol. The van der Waals surface area contributed by atoms with E-state index in [1.54, 1.807) is 14.2 Å². The summed E-state index contributed by atoms with van der Waals surface area (Å²) in [5.41, 5.74) is 8.26. The molecule has 0 radical (unpaired) electrons. The van der Waals surface area contributed by atoms with Gasteiger partial charge in [0.2, 0.25) is 0 Å². The second-order valence-electron chi connectivity index (χ2n) is 8.82. The molecular formula is C26H26O3. The summed E-state index contributed by atoms with van der Waals surface area (Å²) in [5.74, 6) is 3.19. The lowest BCUT2D eigenvalue weighted by Gasteiger charge is -2.40. The maximum absolute atomic E-state index is 11.0. The molecule has 0 bridgehead atoms. The van der Waals surface area contributed by atoms with Crippen LogP contribution in [0.15, 0.2) is 30.3 Å². The zero-order chi connectivity index (χ0) is 19.7. The molecule has 3 aliphatic rings. The molecule has 0 heterocycles. The standard InChI is InChI=1S/C26H26O3/c1-28-16-9-14-7-8-15-10-17(29-2)12-22-23(27)13-21-19-6-4-3-5-18(19)20(11-16)24(14)26(21)25(15)22/h9-13,18-19,27H,3-8H2,1-2H3. The fourth-order valence-electron chi connectivity index (χ4n) is 6.24. The van der Waals surface area contributed by atoms with Crippen molar-refractivity contribution in [3.63, 3.8) is 0 Å². The van der Waals surface area contributed by atoms with E-state index < -0.39 is 0 Å². The Balaban J connectivity index is 1.78. The average molecular weight is 386 g/mol. The molecule has 3 aromatic rings. The topological polar surface area (TPSA) is 38.7 Å². The van der Waals surface area contributed by atoms with E-state index in [1.807, 2.05) is 6.07 Å². The van der Waals surface area contributed by atoms with Gasteiger partial charge in [-0.1, -0.05) is 12.8 Å². The van der Waals surface area contributed by atoms with Gasteiger partial charge in [0.05, 0.1) is 14.2 Å². The van der Waals surface area contributed by atoms with Crippen LogP contribution in [0.2, 0.25) is 0 Å². The van der Waals surface area contributed by atoms with Gasteiger partial charge in [-0.15, -0.1) is 0 Å². The van der Waals surface area contributed by atoms with Crippen molar-refractivity contribution in [1.29, 1.82) is 0 Å². The predicted octanol–water partition coefficient (Wildman–Crippen LogP) is 6.08. The van der Waals surface area contributed by atoms with Gasteiger partial charge < -0.3 is 14.6 Å². The molecule has 0 aliphatic heterocycles. The Hall–Kier alpha value is -2.68. The fourth-order valence-corrected chi connectivity index (χ4v) is 6.24. The van der Waals surface area contributed by atoms with Crippen LogP contribution in [0.3, 0.4) is 0 Å². The molecule has 3 heteroatoms. The predicted molar refractivity (Wildman–Crippen MR) is 116 cm³/mol. The molecule has 0 amide bonds. The van der Waals surface area contributed by atoms with Gasteiger partial charge in [-0.25, -0.2) is 0 Å². The molecule has 6 rings (SSSR count). The van der Waals surface area contributed by atoms with Crippen LogP contribution in [0.25, 0.3) is 21.9 Å². The van der Waals surface area contributed by atoms with Crippen molar-refractivity contribution in [2.75, 3.05) is 14.2 Å². The number of rotatable bonds is 2. The molecule has 3 aliphatic carbocycles. The Morgan fingerprint density at radius 3 is 2.10 bits per heavy atom. The third-order valence-corrected chi connectivity index (χ3v) is 7.47. The molecule has 0 spiro atoms. The molecule has 0 aromatic heterocycles. The molecule has 0 saturated heterocycles. The van der Waals surface area contributed by atoms with E-state index in [0.29, 0.717) is 17.6 Å². The van der Waals surface area contributed by atoms with Crippen molar-refractivity contribution >= 4 is 10.8 Å². The van der Waals surface area contributed by atoms with Crippen molar-refractivity contribution in [2.45, 2.75) is 50.4 Å². The molecule has 3 nitrogen and oxygen atoms in total. The van der Waals surface area contributed by atoms with Crippen LogP contribution in [0.1, 0.15) is 59.8 Å². The summed E-state index contributed by atoms with van der Waals surface area (Å²) in [4.78, 5) is 0. The maximum atomic E-state index is 11.0. The van der Waals surface area contributed by atoms with Gasteiger partial charge in [0, 0.05) is 5.39 Å². The van der Waals surface area contributed by atoms with Crippen LogP contribution < -0.4 is 9.47 Å². The number of hydrogen-bond acceptors (Lipinski definition) is 3. The number of hydrogen-bond donors (Lipinski definition) is 1.